The van der Waals surface area contributed by atoms with Crippen LogP contribution in [-0.4, -0.2) is 6.66 Å². The van der Waals surface area contributed by atoms with Gasteiger partial charge in [-0.3, -0.25) is 0 Å². The highest BCUT2D eigenvalue weighted by Gasteiger charge is 2.38. The fourth-order valence-corrected chi connectivity index (χ4v) is 10.1. The predicted octanol–water partition coefficient (Wildman–Crippen LogP) is 14.1. The third-order valence-electron chi connectivity index (χ3n) is 12.7. The first kappa shape index (κ1) is 37.8. The molecule has 0 saturated heterocycles. The van der Waals surface area contributed by atoms with E-state index in [-0.39, 0.29) is 27.6 Å². The SMILES string of the molecule is CC1c2cc(C(C)(C)c3ccccc3)cc(C(C)(C)c3ccccc3)c2CP(C)Oc2c1cc(C(C)(C)c1ccccc1)cc2C(C)(C)c1ccccc1. The Kier molecular flexibility index (Phi) is 10.0. The Bertz CT molecular complexity index is 2070. The molecule has 0 amide bonds. The standard InChI is InChI=1S/C52H57OP/c1-36-43-31-41(49(2,3)37-23-15-11-16-24-37)33-46(51(6,7)39-27-19-13-20-28-39)45(43)35-54(10)53-48-44(36)32-42(50(4,5)38-25-17-12-18-26-38)34-47(48)52(8,9)40-29-21-14-22-30-40/h11-34,36H,35H2,1-10H3. The van der Waals surface area contributed by atoms with Gasteiger partial charge < -0.3 is 4.52 Å². The number of hydrogen-bond acceptors (Lipinski definition) is 1. The van der Waals surface area contributed by atoms with Gasteiger partial charge in [0.2, 0.25) is 0 Å². The lowest BCUT2D eigenvalue weighted by Gasteiger charge is -2.39. The Hall–Kier alpha value is -4.45. The van der Waals surface area contributed by atoms with E-state index < -0.39 is 8.15 Å². The molecule has 1 nitrogen and oxygen atoms in total. The van der Waals surface area contributed by atoms with Crippen LogP contribution in [0.3, 0.4) is 0 Å². The summed E-state index contributed by atoms with van der Waals surface area (Å²) in [6.07, 6.45) is 0.897. The predicted molar refractivity (Wildman–Crippen MR) is 232 cm³/mol. The first-order chi connectivity index (χ1) is 25.6. The number of rotatable bonds is 8. The highest BCUT2D eigenvalue weighted by molar-refractivity contribution is 7.51. The molecule has 2 heteroatoms. The van der Waals surface area contributed by atoms with E-state index in [1.54, 1.807) is 0 Å². The van der Waals surface area contributed by atoms with Crippen LogP contribution in [0.1, 0.15) is 129 Å². The normalized spacial score (nSPS) is 16.4. The third kappa shape index (κ3) is 6.75. The van der Waals surface area contributed by atoms with Crippen molar-refractivity contribution in [1.29, 1.82) is 0 Å². The van der Waals surface area contributed by atoms with Gasteiger partial charge in [-0.25, -0.2) is 0 Å². The fourth-order valence-electron chi connectivity index (χ4n) is 8.72. The van der Waals surface area contributed by atoms with Crippen molar-refractivity contribution in [3.63, 3.8) is 0 Å². The summed E-state index contributed by atoms with van der Waals surface area (Å²) in [5.74, 6) is 1.16. The molecule has 0 fully saturated rings. The highest BCUT2D eigenvalue weighted by Crippen LogP contribution is 2.55. The maximum Gasteiger partial charge on any atom is 0.131 e. The molecule has 2 unspecified atom stereocenters. The Labute approximate surface area is 326 Å². The zero-order valence-electron chi connectivity index (χ0n) is 34.0. The van der Waals surface area contributed by atoms with Gasteiger partial charge >= 0.3 is 0 Å². The van der Waals surface area contributed by atoms with Crippen molar-refractivity contribution in [2.24, 2.45) is 0 Å². The van der Waals surface area contributed by atoms with Gasteiger partial charge in [0.05, 0.1) is 8.15 Å². The minimum atomic E-state index is -0.855. The molecular formula is C52H57OP. The van der Waals surface area contributed by atoms with Gasteiger partial charge in [-0.1, -0.05) is 208 Å². The van der Waals surface area contributed by atoms with Gasteiger partial charge in [0.25, 0.3) is 0 Å². The molecule has 0 N–H and O–H groups in total. The van der Waals surface area contributed by atoms with E-state index in [1.807, 2.05) is 0 Å². The van der Waals surface area contributed by atoms with E-state index in [4.69, 9.17) is 4.52 Å². The third-order valence-corrected chi connectivity index (χ3v) is 14.0. The van der Waals surface area contributed by atoms with Crippen molar-refractivity contribution in [1.82, 2.24) is 0 Å². The molecule has 1 aliphatic rings. The number of benzene rings is 6. The monoisotopic (exact) mass is 728 g/mol. The maximum atomic E-state index is 7.38. The summed E-state index contributed by atoms with van der Waals surface area (Å²) < 4.78 is 7.38. The summed E-state index contributed by atoms with van der Waals surface area (Å²) >= 11 is 0. The van der Waals surface area contributed by atoms with Gasteiger partial charge in [0, 0.05) is 44.9 Å². The molecule has 0 saturated carbocycles. The first-order valence-corrected chi connectivity index (χ1v) is 21.5. The van der Waals surface area contributed by atoms with Crippen molar-refractivity contribution < 1.29 is 4.52 Å². The molecule has 6 aromatic rings. The zero-order valence-corrected chi connectivity index (χ0v) is 34.9. The topological polar surface area (TPSA) is 9.23 Å². The smallest absolute Gasteiger partial charge is 0.131 e. The lowest BCUT2D eigenvalue weighted by molar-refractivity contribution is 0.538. The summed E-state index contributed by atoms with van der Waals surface area (Å²) in [6, 6.07) is 54.1. The molecule has 0 radical (unpaired) electrons. The molecule has 1 heterocycles. The second-order valence-corrected chi connectivity index (χ2v) is 19.4. The first-order valence-electron chi connectivity index (χ1n) is 19.6. The van der Waals surface area contributed by atoms with Crippen LogP contribution >= 0.6 is 8.15 Å². The lowest BCUT2D eigenvalue weighted by atomic mass is 9.68. The van der Waals surface area contributed by atoms with Crippen molar-refractivity contribution >= 4 is 8.15 Å². The summed E-state index contributed by atoms with van der Waals surface area (Å²) in [6.45, 7) is 23.9. The summed E-state index contributed by atoms with van der Waals surface area (Å²) in [5, 5.41) is 0. The zero-order chi connectivity index (χ0) is 38.5. The average molecular weight is 729 g/mol. The van der Waals surface area contributed by atoms with Crippen molar-refractivity contribution in [3.05, 3.63) is 207 Å². The largest absolute Gasteiger partial charge is 0.473 e. The minimum absolute atomic E-state index is 0.0902. The summed E-state index contributed by atoms with van der Waals surface area (Å²) in [4.78, 5) is 0. The molecular weight excluding hydrogens is 672 g/mol. The molecule has 6 aromatic carbocycles. The van der Waals surface area contributed by atoms with Crippen LogP contribution in [-0.2, 0) is 27.8 Å². The van der Waals surface area contributed by atoms with Crippen LogP contribution in [0, 0.1) is 0 Å². The van der Waals surface area contributed by atoms with Gasteiger partial charge in [0.1, 0.15) is 5.75 Å². The van der Waals surface area contributed by atoms with Crippen molar-refractivity contribution in [3.8, 4) is 5.75 Å². The molecule has 276 valence electrons. The molecule has 2 atom stereocenters. The Morgan fingerprint density at radius 2 is 0.796 bits per heavy atom. The second kappa shape index (κ2) is 14.3. The van der Waals surface area contributed by atoms with Crippen LogP contribution in [0.4, 0.5) is 0 Å². The number of hydrogen-bond donors (Lipinski definition) is 0. The highest BCUT2D eigenvalue weighted by atomic mass is 31.1. The van der Waals surface area contributed by atoms with E-state index in [9.17, 15) is 0 Å². The maximum absolute atomic E-state index is 7.38. The molecule has 0 aliphatic carbocycles. The fraction of sp³-hybridized carbons (Fsp3) is 0.308. The summed E-state index contributed by atoms with van der Waals surface area (Å²) in [5.41, 5.74) is 13.8. The average Bonchev–Trinajstić information content (AvgIpc) is 3.18. The van der Waals surface area contributed by atoms with Crippen LogP contribution in [0.15, 0.2) is 146 Å². The molecule has 0 spiro atoms. The van der Waals surface area contributed by atoms with E-state index >= 15 is 0 Å². The number of fused-ring (bicyclic) bond motifs is 2. The van der Waals surface area contributed by atoms with Gasteiger partial charge in [0.15, 0.2) is 0 Å². The van der Waals surface area contributed by atoms with Crippen molar-refractivity contribution in [2.45, 2.75) is 96.1 Å². The Morgan fingerprint density at radius 1 is 0.444 bits per heavy atom. The van der Waals surface area contributed by atoms with E-state index in [2.05, 4.69) is 215 Å². The van der Waals surface area contributed by atoms with E-state index in [0.717, 1.165) is 11.9 Å². The van der Waals surface area contributed by atoms with Gasteiger partial charge in [-0.15, -0.1) is 0 Å². The Morgan fingerprint density at radius 3 is 1.22 bits per heavy atom. The van der Waals surface area contributed by atoms with Crippen LogP contribution in [0.5, 0.6) is 5.75 Å². The van der Waals surface area contributed by atoms with Crippen LogP contribution in [0.25, 0.3) is 0 Å². The van der Waals surface area contributed by atoms with Crippen molar-refractivity contribution in [2.75, 3.05) is 6.66 Å². The quantitative estimate of drug-likeness (QED) is 0.142. The van der Waals surface area contributed by atoms with Gasteiger partial charge in [-0.2, -0.15) is 0 Å². The van der Waals surface area contributed by atoms with Crippen LogP contribution in [0.2, 0.25) is 0 Å². The molecule has 1 aliphatic heterocycles. The van der Waals surface area contributed by atoms with Crippen LogP contribution < -0.4 is 4.52 Å². The second-order valence-electron chi connectivity index (χ2n) is 17.6. The Balaban J connectivity index is 1.54. The van der Waals surface area contributed by atoms with Gasteiger partial charge in [-0.05, 0) is 56.7 Å². The van der Waals surface area contributed by atoms with E-state index in [0.29, 0.717) is 0 Å². The summed E-state index contributed by atoms with van der Waals surface area (Å²) in [7, 11) is -0.855. The minimum Gasteiger partial charge on any atom is -0.473 e. The molecule has 0 aromatic heterocycles. The molecule has 7 rings (SSSR count). The van der Waals surface area contributed by atoms with E-state index in [1.165, 1.54) is 61.2 Å². The molecule has 54 heavy (non-hydrogen) atoms. The lowest BCUT2D eigenvalue weighted by Crippen LogP contribution is -2.28. The molecule has 0 bridgehead atoms.